The van der Waals surface area contributed by atoms with Gasteiger partial charge in [0.05, 0.1) is 19.2 Å². The summed E-state index contributed by atoms with van der Waals surface area (Å²) >= 11 is 0. The van der Waals surface area contributed by atoms with Crippen molar-refractivity contribution in [1.29, 1.82) is 0 Å². The summed E-state index contributed by atoms with van der Waals surface area (Å²) in [6.07, 6.45) is 2.95. The summed E-state index contributed by atoms with van der Waals surface area (Å²) in [6, 6.07) is 0. The predicted octanol–water partition coefficient (Wildman–Crippen LogP) is 0.941. The lowest BCUT2D eigenvalue weighted by molar-refractivity contribution is 0.0684. The third kappa shape index (κ3) is 1.81. The molecule has 66 valence electrons. The number of aromatic nitrogens is 2. The second-order valence-corrected chi connectivity index (χ2v) is 2.32. The molecule has 4 nitrogen and oxygen atoms in total. The molecule has 12 heavy (non-hydrogen) atoms. The largest absolute Gasteiger partial charge is 0.477 e. The van der Waals surface area contributed by atoms with E-state index < -0.39 is 12.6 Å². The molecular formula is C7H9FN2O2. The van der Waals surface area contributed by atoms with Crippen molar-refractivity contribution in [1.82, 2.24) is 9.55 Å². The van der Waals surface area contributed by atoms with E-state index in [2.05, 4.69) is 4.98 Å². The highest BCUT2D eigenvalue weighted by molar-refractivity contribution is 5.85. The molecule has 0 unspecified atom stereocenters. The number of carboxylic acid groups (broad SMARTS) is 1. The zero-order valence-corrected chi connectivity index (χ0v) is 6.40. The van der Waals surface area contributed by atoms with Crippen molar-refractivity contribution in [2.24, 2.45) is 0 Å². The maximum Gasteiger partial charge on any atom is 0.354 e. The third-order valence-corrected chi connectivity index (χ3v) is 1.46. The van der Waals surface area contributed by atoms with Gasteiger partial charge in [0.15, 0.2) is 0 Å². The number of hydrogen-bond donors (Lipinski definition) is 1. The molecular weight excluding hydrogens is 163 g/mol. The zero-order chi connectivity index (χ0) is 8.97. The maximum atomic E-state index is 11.7. The average Bonchev–Trinajstić information content (AvgIpc) is 2.48. The van der Waals surface area contributed by atoms with Crippen LogP contribution in [0.25, 0.3) is 0 Å². The van der Waals surface area contributed by atoms with E-state index in [9.17, 15) is 9.18 Å². The molecule has 0 amide bonds. The number of hydrogen-bond acceptors (Lipinski definition) is 2. The number of alkyl halides is 1. The number of rotatable bonds is 4. The molecule has 0 saturated heterocycles. The van der Waals surface area contributed by atoms with Gasteiger partial charge in [0, 0.05) is 6.54 Å². The molecule has 1 N–H and O–H groups in total. The Hall–Kier alpha value is -1.39. The Balaban J connectivity index is 2.70. The van der Waals surface area contributed by atoms with Crippen LogP contribution in [0.5, 0.6) is 0 Å². The summed E-state index contributed by atoms with van der Waals surface area (Å²) in [4.78, 5) is 14.1. The quantitative estimate of drug-likeness (QED) is 0.735. The van der Waals surface area contributed by atoms with E-state index in [0.29, 0.717) is 13.0 Å². The van der Waals surface area contributed by atoms with Crippen LogP contribution in [0.2, 0.25) is 0 Å². The SMILES string of the molecule is O=C(O)c1cncn1CCCF. The van der Waals surface area contributed by atoms with Crippen LogP contribution in [0.3, 0.4) is 0 Å². The van der Waals surface area contributed by atoms with Crippen LogP contribution in [-0.4, -0.2) is 27.3 Å². The summed E-state index contributed by atoms with van der Waals surface area (Å²) in [5, 5.41) is 8.60. The number of nitrogens with zero attached hydrogens (tertiary/aromatic N) is 2. The van der Waals surface area contributed by atoms with Gasteiger partial charge in [0.2, 0.25) is 0 Å². The van der Waals surface area contributed by atoms with Crippen molar-refractivity contribution in [2.45, 2.75) is 13.0 Å². The molecule has 0 radical (unpaired) electrons. The molecule has 0 bridgehead atoms. The molecule has 0 aliphatic heterocycles. The number of aryl methyl sites for hydroxylation is 1. The van der Waals surface area contributed by atoms with Gasteiger partial charge in [-0.2, -0.15) is 0 Å². The Morgan fingerprint density at radius 2 is 2.50 bits per heavy atom. The van der Waals surface area contributed by atoms with Crippen molar-refractivity contribution < 1.29 is 14.3 Å². The Kier molecular flexibility index (Phi) is 2.79. The summed E-state index contributed by atoms with van der Waals surface area (Å²) < 4.78 is 13.2. The lowest BCUT2D eigenvalue weighted by Gasteiger charge is -2.01. The van der Waals surface area contributed by atoms with E-state index in [1.165, 1.54) is 17.1 Å². The van der Waals surface area contributed by atoms with Gasteiger partial charge < -0.3 is 9.67 Å². The average molecular weight is 172 g/mol. The molecule has 1 aromatic rings. The first kappa shape index (κ1) is 8.70. The summed E-state index contributed by atoms with van der Waals surface area (Å²) in [6.45, 7) is -0.0879. The number of halogens is 1. The van der Waals surface area contributed by atoms with Gasteiger partial charge in [-0.1, -0.05) is 0 Å². The van der Waals surface area contributed by atoms with Crippen molar-refractivity contribution in [3.8, 4) is 0 Å². The molecule has 0 spiro atoms. The number of aromatic carboxylic acids is 1. The van der Waals surface area contributed by atoms with Crippen LogP contribution < -0.4 is 0 Å². The van der Waals surface area contributed by atoms with Gasteiger partial charge in [-0.05, 0) is 6.42 Å². The first-order chi connectivity index (χ1) is 5.75. The molecule has 0 atom stereocenters. The van der Waals surface area contributed by atoms with Gasteiger partial charge in [-0.15, -0.1) is 0 Å². The number of carbonyl (C=O) groups is 1. The number of carboxylic acids is 1. The summed E-state index contributed by atoms with van der Waals surface area (Å²) in [7, 11) is 0. The zero-order valence-electron chi connectivity index (χ0n) is 6.40. The van der Waals surface area contributed by atoms with Crippen molar-refractivity contribution in [3.63, 3.8) is 0 Å². The Labute approximate surface area is 68.7 Å². The van der Waals surface area contributed by atoms with Gasteiger partial charge in [-0.25, -0.2) is 9.78 Å². The van der Waals surface area contributed by atoms with Crippen molar-refractivity contribution in [2.75, 3.05) is 6.67 Å². The van der Waals surface area contributed by atoms with Gasteiger partial charge in [0.25, 0.3) is 0 Å². The first-order valence-electron chi connectivity index (χ1n) is 3.55. The first-order valence-corrected chi connectivity index (χ1v) is 3.55. The predicted molar refractivity (Wildman–Crippen MR) is 39.8 cm³/mol. The van der Waals surface area contributed by atoms with Crippen LogP contribution in [0.4, 0.5) is 4.39 Å². The summed E-state index contributed by atoms with van der Waals surface area (Å²) in [5.41, 5.74) is 0.100. The van der Waals surface area contributed by atoms with Crippen LogP contribution in [0, 0.1) is 0 Å². The molecule has 0 aromatic carbocycles. The minimum atomic E-state index is -1.04. The fourth-order valence-corrected chi connectivity index (χ4v) is 0.907. The van der Waals surface area contributed by atoms with E-state index in [-0.39, 0.29) is 5.69 Å². The van der Waals surface area contributed by atoms with E-state index >= 15 is 0 Å². The minimum absolute atomic E-state index is 0.100. The molecule has 0 aliphatic carbocycles. The standard InChI is InChI=1S/C7H9FN2O2/c8-2-1-3-10-5-9-4-6(10)7(11)12/h4-5H,1-3H2,(H,11,12). The van der Waals surface area contributed by atoms with E-state index in [1.807, 2.05) is 0 Å². The highest BCUT2D eigenvalue weighted by Gasteiger charge is 2.08. The van der Waals surface area contributed by atoms with Gasteiger partial charge in [-0.3, -0.25) is 4.39 Å². The Morgan fingerprint density at radius 3 is 3.08 bits per heavy atom. The van der Waals surface area contributed by atoms with Gasteiger partial charge in [0.1, 0.15) is 5.69 Å². The molecule has 0 saturated carbocycles. The van der Waals surface area contributed by atoms with Gasteiger partial charge >= 0.3 is 5.97 Å². The highest BCUT2D eigenvalue weighted by Crippen LogP contribution is 2.00. The Morgan fingerprint density at radius 1 is 1.75 bits per heavy atom. The third-order valence-electron chi connectivity index (χ3n) is 1.46. The topological polar surface area (TPSA) is 55.1 Å². The molecule has 1 aromatic heterocycles. The van der Waals surface area contributed by atoms with E-state index in [1.54, 1.807) is 0 Å². The van der Waals surface area contributed by atoms with Crippen molar-refractivity contribution >= 4 is 5.97 Å². The van der Waals surface area contributed by atoms with Crippen LogP contribution in [0.15, 0.2) is 12.5 Å². The Bertz CT molecular complexity index is 272. The van der Waals surface area contributed by atoms with E-state index in [0.717, 1.165) is 0 Å². The normalized spacial score (nSPS) is 10.1. The van der Waals surface area contributed by atoms with E-state index in [4.69, 9.17) is 5.11 Å². The second-order valence-electron chi connectivity index (χ2n) is 2.32. The summed E-state index contributed by atoms with van der Waals surface area (Å²) in [5.74, 6) is -1.04. The minimum Gasteiger partial charge on any atom is -0.477 e. The second kappa shape index (κ2) is 3.85. The number of imidazole rings is 1. The molecule has 0 fully saturated rings. The maximum absolute atomic E-state index is 11.7. The highest BCUT2D eigenvalue weighted by atomic mass is 19.1. The monoisotopic (exact) mass is 172 g/mol. The fraction of sp³-hybridized carbons (Fsp3) is 0.429. The molecule has 1 rings (SSSR count). The smallest absolute Gasteiger partial charge is 0.354 e. The molecule has 0 aliphatic rings. The lowest BCUT2D eigenvalue weighted by Crippen LogP contribution is -2.07. The van der Waals surface area contributed by atoms with Crippen LogP contribution in [-0.2, 0) is 6.54 Å². The fourth-order valence-electron chi connectivity index (χ4n) is 0.907. The van der Waals surface area contributed by atoms with Crippen molar-refractivity contribution in [3.05, 3.63) is 18.2 Å². The van der Waals surface area contributed by atoms with Crippen LogP contribution >= 0.6 is 0 Å². The van der Waals surface area contributed by atoms with Crippen LogP contribution in [0.1, 0.15) is 16.9 Å². The molecule has 5 heteroatoms. The lowest BCUT2D eigenvalue weighted by atomic mass is 10.4. The molecule has 1 heterocycles.